The lowest BCUT2D eigenvalue weighted by Crippen LogP contribution is -2.46. The molecule has 0 bridgehead atoms. The molecule has 0 saturated carbocycles. The summed E-state index contributed by atoms with van der Waals surface area (Å²) in [5.74, 6) is 2.19. The van der Waals surface area contributed by atoms with Crippen molar-refractivity contribution in [2.24, 2.45) is 0 Å². The Morgan fingerprint density at radius 3 is 2.68 bits per heavy atom. The normalized spacial score (nSPS) is 15.7. The van der Waals surface area contributed by atoms with Crippen LogP contribution in [0.3, 0.4) is 0 Å². The summed E-state index contributed by atoms with van der Waals surface area (Å²) in [6, 6.07) is 7.76. The zero-order chi connectivity index (χ0) is 12.7. The Labute approximate surface area is 109 Å². The van der Waals surface area contributed by atoms with Gasteiger partial charge in [0.05, 0.1) is 5.92 Å². The zero-order valence-electron chi connectivity index (χ0n) is 10.2. The van der Waals surface area contributed by atoms with Gasteiger partial charge in [0.1, 0.15) is 5.82 Å². The smallest absolute Gasteiger partial charge is 0.225 e. The lowest BCUT2D eigenvalue weighted by Gasteiger charge is -2.38. The summed E-state index contributed by atoms with van der Waals surface area (Å²) in [4.78, 5) is 10.6. The molecule has 0 unspecified atom stereocenters. The maximum atomic E-state index is 4.29. The van der Waals surface area contributed by atoms with E-state index in [-0.39, 0.29) is 0 Å². The minimum Gasteiger partial charge on any atom is -0.339 e. The van der Waals surface area contributed by atoms with E-state index < -0.39 is 0 Å². The molecule has 3 aromatic rings. The number of aromatic nitrogens is 5. The van der Waals surface area contributed by atoms with E-state index in [2.05, 4.69) is 25.1 Å². The van der Waals surface area contributed by atoms with Crippen LogP contribution in [0.15, 0.2) is 42.9 Å². The minimum absolute atomic E-state index is 0.390. The highest BCUT2D eigenvalue weighted by molar-refractivity contribution is 5.41. The summed E-state index contributed by atoms with van der Waals surface area (Å²) in [5, 5.41) is 8.47. The Hall–Kier alpha value is -2.50. The second-order valence-electron chi connectivity index (χ2n) is 4.64. The Morgan fingerprint density at radius 1 is 1.00 bits per heavy atom. The molecule has 3 aromatic heterocycles. The SMILES string of the molecule is c1cnc(N2CC(c3nnc4ccccn34)C2)nc1. The summed E-state index contributed by atoms with van der Waals surface area (Å²) in [5.41, 5.74) is 0.895. The molecule has 6 heteroatoms. The predicted molar refractivity (Wildman–Crippen MR) is 70.0 cm³/mol. The van der Waals surface area contributed by atoms with Crippen molar-refractivity contribution < 1.29 is 0 Å². The number of nitrogens with zero attached hydrogens (tertiary/aromatic N) is 6. The van der Waals surface area contributed by atoms with Crippen molar-refractivity contribution >= 4 is 11.6 Å². The largest absolute Gasteiger partial charge is 0.339 e. The molecule has 0 amide bonds. The van der Waals surface area contributed by atoms with Gasteiger partial charge in [0, 0.05) is 31.7 Å². The van der Waals surface area contributed by atoms with E-state index in [9.17, 15) is 0 Å². The number of pyridine rings is 1. The lowest BCUT2D eigenvalue weighted by atomic mass is 10.00. The molecule has 0 aliphatic carbocycles. The Morgan fingerprint density at radius 2 is 1.84 bits per heavy atom. The third kappa shape index (κ3) is 1.64. The summed E-state index contributed by atoms with van der Waals surface area (Å²) >= 11 is 0. The molecule has 0 spiro atoms. The zero-order valence-corrected chi connectivity index (χ0v) is 10.2. The minimum atomic E-state index is 0.390. The van der Waals surface area contributed by atoms with Crippen molar-refractivity contribution in [3.05, 3.63) is 48.7 Å². The molecule has 0 atom stereocenters. The molecule has 1 fully saturated rings. The molecule has 1 aliphatic heterocycles. The highest BCUT2D eigenvalue weighted by atomic mass is 15.3. The second kappa shape index (κ2) is 4.01. The molecule has 0 N–H and O–H groups in total. The van der Waals surface area contributed by atoms with Gasteiger partial charge < -0.3 is 4.90 Å². The number of anilines is 1. The van der Waals surface area contributed by atoms with Crippen LogP contribution in [0.5, 0.6) is 0 Å². The highest BCUT2D eigenvalue weighted by Gasteiger charge is 2.33. The Bertz CT molecular complexity index is 701. The van der Waals surface area contributed by atoms with E-state index in [1.54, 1.807) is 12.4 Å². The van der Waals surface area contributed by atoms with Crippen molar-refractivity contribution in [2.45, 2.75) is 5.92 Å². The summed E-state index contributed by atoms with van der Waals surface area (Å²) in [6.07, 6.45) is 5.54. The standard InChI is InChI=1S/C13H12N6/c1-2-7-19-11(4-1)16-17-12(19)10-8-18(9-10)13-14-5-3-6-15-13/h1-7,10H,8-9H2. The average molecular weight is 252 g/mol. The maximum Gasteiger partial charge on any atom is 0.225 e. The van der Waals surface area contributed by atoms with E-state index in [0.717, 1.165) is 30.5 Å². The molecule has 0 radical (unpaired) electrons. The van der Waals surface area contributed by atoms with Crippen molar-refractivity contribution in [2.75, 3.05) is 18.0 Å². The number of fused-ring (bicyclic) bond motifs is 1. The lowest BCUT2D eigenvalue weighted by molar-refractivity contribution is 0.487. The molecule has 1 saturated heterocycles. The van der Waals surface area contributed by atoms with Gasteiger partial charge in [-0.05, 0) is 18.2 Å². The van der Waals surface area contributed by atoms with E-state index in [4.69, 9.17) is 0 Å². The van der Waals surface area contributed by atoms with Crippen molar-refractivity contribution in [1.29, 1.82) is 0 Å². The molecule has 0 aromatic carbocycles. The van der Waals surface area contributed by atoms with Gasteiger partial charge in [-0.25, -0.2) is 9.97 Å². The third-order valence-electron chi connectivity index (χ3n) is 3.42. The first kappa shape index (κ1) is 10.4. The van der Waals surface area contributed by atoms with Crippen LogP contribution in [0.1, 0.15) is 11.7 Å². The van der Waals surface area contributed by atoms with Crippen LogP contribution < -0.4 is 4.90 Å². The van der Waals surface area contributed by atoms with E-state index in [1.807, 2.05) is 34.9 Å². The molecule has 1 aliphatic rings. The Kier molecular flexibility index (Phi) is 2.20. The molecule has 4 rings (SSSR count). The van der Waals surface area contributed by atoms with Crippen molar-refractivity contribution in [3.8, 4) is 0 Å². The fraction of sp³-hybridized carbons (Fsp3) is 0.231. The molecular formula is C13H12N6. The van der Waals surface area contributed by atoms with Gasteiger partial charge in [-0.15, -0.1) is 10.2 Å². The monoisotopic (exact) mass is 252 g/mol. The predicted octanol–water partition coefficient (Wildman–Crippen LogP) is 1.12. The first-order valence-electron chi connectivity index (χ1n) is 6.23. The maximum absolute atomic E-state index is 4.29. The van der Waals surface area contributed by atoms with Gasteiger partial charge >= 0.3 is 0 Å². The van der Waals surface area contributed by atoms with Crippen LogP contribution >= 0.6 is 0 Å². The Balaban J connectivity index is 1.57. The van der Waals surface area contributed by atoms with Crippen LogP contribution in [-0.4, -0.2) is 37.7 Å². The topological polar surface area (TPSA) is 59.2 Å². The summed E-state index contributed by atoms with van der Waals surface area (Å²) in [6.45, 7) is 1.78. The van der Waals surface area contributed by atoms with Crippen LogP contribution in [0.4, 0.5) is 5.95 Å². The highest BCUT2D eigenvalue weighted by Crippen LogP contribution is 2.28. The average Bonchev–Trinajstić information content (AvgIpc) is 2.83. The number of hydrogen-bond acceptors (Lipinski definition) is 5. The van der Waals surface area contributed by atoms with Gasteiger partial charge in [-0.1, -0.05) is 6.07 Å². The fourth-order valence-corrected chi connectivity index (χ4v) is 2.40. The van der Waals surface area contributed by atoms with Crippen molar-refractivity contribution in [1.82, 2.24) is 24.6 Å². The first-order chi connectivity index (χ1) is 9.42. The van der Waals surface area contributed by atoms with Crippen LogP contribution in [0.2, 0.25) is 0 Å². The fourth-order valence-electron chi connectivity index (χ4n) is 2.40. The van der Waals surface area contributed by atoms with Crippen LogP contribution in [0.25, 0.3) is 5.65 Å². The molecule has 94 valence electrons. The van der Waals surface area contributed by atoms with Crippen molar-refractivity contribution in [3.63, 3.8) is 0 Å². The first-order valence-corrected chi connectivity index (χ1v) is 6.23. The van der Waals surface area contributed by atoms with Crippen LogP contribution in [0, 0.1) is 0 Å². The second-order valence-corrected chi connectivity index (χ2v) is 4.64. The third-order valence-corrected chi connectivity index (χ3v) is 3.42. The van der Waals surface area contributed by atoms with Gasteiger partial charge in [-0.3, -0.25) is 4.40 Å². The molecular weight excluding hydrogens is 240 g/mol. The quantitative estimate of drug-likeness (QED) is 0.684. The van der Waals surface area contributed by atoms with E-state index >= 15 is 0 Å². The van der Waals surface area contributed by atoms with Crippen LogP contribution in [-0.2, 0) is 0 Å². The molecule has 6 nitrogen and oxygen atoms in total. The van der Waals surface area contributed by atoms with Gasteiger partial charge in [0.25, 0.3) is 0 Å². The number of rotatable bonds is 2. The van der Waals surface area contributed by atoms with Gasteiger partial charge in [0.15, 0.2) is 5.65 Å². The summed E-state index contributed by atoms with van der Waals surface area (Å²) < 4.78 is 2.05. The molecule has 19 heavy (non-hydrogen) atoms. The number of hydrogen-bond donors (Lipinski definition) is 0. The molecule has 4 heterocycles. The summed E-state index contributed by atoms with van der Waals surface area (Å²) in [7, 11) is 0. The van der Waals surface area contributed by atoms with E-state index in [0.29, 0.717) is 5.92 Å². The van der Waals surface area contributed by atoms with Gasteiger partial charge in [-0.2, -0.15) is 0 Å². The van der Waals surface area contributed by atoms with E-state index in [1.165, 1.54) is 0 Å². The van der Waals surface area contributed by atoms with Gasteiger partial charge in [0.2, 0.25) is 5.95 Å².